The fourth-order valence-electron chi connectivity index (χ4n) is 1.61. The van der Waals surface area contributed by atoms with Gasteiger partial charge in [0, 0.05) is 23.7 Å². The number of aromatic nitrogens is 2. The smallest absolute Gasteiger partial charge is 0.225 e. The second-order valence-electron chi connectivity index (χ2n) is 4.15. The van der Waals surface area contributed by atoms with E-state index in [-0.39, 0.29) is 0 Å². The Morgan fingerprint density at radius 1 is 1.44 bits per heavy atom. The Morgan fingerprint density at radius 3 is 2.89 bits per heavy atom. The molecule has 2 aromatic rings. The van der Waals surface area contributed by atoms with Crippen molar-refractivity contribution in [2.75, 3.05) is 30.5 Å². The van der Waals surface area contributed by atoms with Crippen LogP contribution in [-0.2, 0) is 0 Å². The highest BCUT2D eigenvalue weighted by Crippen LogP contribution is 2.29. The van der Waals surface area contributed by atoms with Crippen LogP contribution in [-0.4, -0.2) is 35.1 Å². The predicted octanol–water partition coefficient (Wildman–Crippen LogP) is 3.20. The van der Waals surface area contributed by atoms with Crippen LogP contribution in [0.3, 0.4) is 0 Å². The number of aryl methyl sites for hydroxylation is 1. The lowest BCUT2D eigenvalue weighted by molar-refractivity contribution is 0.992. The predicted molar refractivity (Wildman–Crippen MR) is 83.2 cm³/mol. The van der Waals surface area contributed by atoms with Gasteiger partial charge in [0.15, 0.2) is 0 Å². The van der Waals surface area contributed by atoms with Gasteiger partial charge >= 0.3 is 0 Å². The quantitative estimate of drug-likeness (QED) is 0.882. The third-order valence-electron chi connectivity index (χ3n) is 2.70. The van der Waals surface area contributed by atoms with Crippen molar-refractivity contribution >= 4 is 45.1 Å². The largest absolute Gasteiger partial charge is 0.368 e. The Bertz CT molecular complexity index is 538. The monoisotopic (exact) mass is 282 g/mol. The normalized spacial score (nSPS) is 12.7. The molecule has 0 aliphatic rings. The molecule has 2 heterocycles. The molecule has 0 saturated carbocycles. The van der Waals surface area contributed by atoms with E-state index in [1.165, 1.54) is 4.88 Å². The first-order valence-electron chi connectivity index (χ1n) is 5.86. The third kappa shape index (κ3) is 2.87. The van der Waals surface area contributed by atoms with Crippen molar-refractivity contribution in [3.8, 4) is 0 Å². The summed E-state index contributed by atoms with van der Waals surface area (Å²) >= 11 is 3.55. The molecule has 0 aromatic carbocycles. The van der Waals surface area contributed by atoms with Crippen LogP contribution in [0.4, 0.5) is 11.8 Å². The van der Waals surface area contributed by atoms with Gasteiger partial charge in [0.1, 0.15) is 10.6 Å². The Balaban J connectivity index is 2.34. The Labute approximate surface area is 116 Å². The maximum Gasteiger partial charge on any atom is 0.225 e. The summed E-state index contributed by atoms with van der Waals surface area (Å²) in [6.07, 6.45) is 2.12. The van der Waals surface area contributed by atoms with E-state index in [9.17, 15) is 0 Å². The first kappa shape index (κ1) is 13.4. The van der Waals surface area contributed by atoms with Gasteiger partial charge in [0.05, 0.1) is 5.39 Å². The highest BCUT2D eigenvalue weighted by molar-refractivity contribution is 7.99. The van der Waals surface area contributed by atoms with E-state index >= 15 is 0 Å². The number of hydrogen-bond donors (Lipinski definition) is 2. The highest BCUT2D eigenvalue weighted by Gasteiger charge is 2.10. The number of thiophene rings is 1. The molecule has 4 nitrogen and oxygen atoms in total. The summed E-state index contributed by atoms with van der Waals surface area (Å²) in [5, 5.41) is 8.11. The molecule has 6 heteroatoms. The lowest BCUT2D eigenvalue weighted by Gasteiger charge is -2.11. The van der Waals surface area contributed by atoms with E-state index in [0.717, 1.165) is 22.6 Å². The van der Waals surface area contributed by atoms with E-state index in [4.69, 9.17) is 0 Å². The molecule has 0 aliphatic heterocycles. The second-order valence-corrected chi connectivity index (χ2v) is 6.66. The van der Waals surface area contributed by atoms with Crippen molar-refractivity contribution in [3.63, 3.8) is 0 Å². The van der Waals surface area contributed by atoms with Crippen LogP contribution >= 0.6 is 23.1 Å². The van der Waals surface area contributed by atoms with Crippen molar-refractivity contribution < 1.29 is 0 Å². The van der Waals surface area contributed by atoms with E-state index in [1.54, 1.807) is 11.3 Å². The van der Waals surface area contributed by atoms with Crippen molar-refractivity contribution in [1.29, 1.82) is 0 Å². The minimum atomic E-state index is 0.563. The van der Waals surface area contributed by atoms with E-state index in [2.05, 4.69) is 46.8 Å². The number of hydrogen-bond acceptors (Lipinski definition) is 6. The molecule has 18 heavy (non-hydrogen) atoms. The molecule has 1 unspecified atom stereocenters. The molecule has 0 aliphatic carbocycles. The Kier molecular flexibility index (Phi) is 4.29. The van der Waals surface area contributed by atoms with Gasteiger partial charge in [-0.25, -0.2) is 4.98 Å². The minimum absolute atomic E-state index is 0.563. The molecule has 98 valence electrons. The van der Waals surface area contributed by atoms with Gasteiger partial charge in [-0.1, -0.05) is 6.92 Å². The first-order chi connectivity index (χ1) is 8.63. The first-order valence-corrected chi connectivity index (χ1v) is 7.97. The van der Waals surface area contributed by atoms with Crippen molar-refractivity contribution in [3.05, 3.63) is 10.9 Å². The summed E-state index contributed by atoms with van der Waals surface area (Å²) in [4.78, 5) is 11.3. The number of nitrogens with one attached hydrogen (secondary N) is 2. The lowest BCUT2D eigenvalue weighted by atomic mass is 10.3. The van der Waals surface area contributed by atoms with Gasteiger partial charge in [-0.15, -0.1) is 11.3 Å². The maximum absolute atomic E-state index is 4.50. The van der Waals surface area contributed by atoms with Crippen LogP contribution in [0.1, 0.15) is 11.8 Å². The number of fused-ring (bicyclic) bond motifs is 1. The lowest BCUT2D eigenvalue weighted by Crippen LogP contribution is -2.14. The Morgan fingerprint density at radius 2 is 2.22 bits per heavy atom. The summed E-state index contributed by atoms with van der Waals surface area (Å²) in [5.74, 6) is 1.60. The number of nitrogens with zero attached hydrogens (tertiary/aromatic N) is 2. The fraction of sp³-hybridized carbons (Fsp3) is 0.500. The molecular formula is C12H18N4S2. The van der Waals surface area contributed by atoms with Gasteiger partial charge in [0.2, 0.25) is 5.95 Å². The molecule has 2 rings (SSSR count). The van der Waals surface area contributed by atoms with Crippen molar-refractivity contribution in [2.45, 2.75) is 19.1 Å². The van der Waals surface area contributed by atoms with Crippen molar-refractivity contribution in [2.24, 2.45) is 0 Å². The second kappa shape index (κ2) is 5.75. The minimum Gasteiger partial charge on any atom is -0.368 e. The average Bonchev–Trinajstić information content (AvgIpc) is 2.75. The summed E-state index contributed by atoms with van der Waals surface area (Å²) < 4.78 is 0. The summed E-state index contributed by atoms with van der Waals surface area (Å²) in [6, 6.07) is 2.14. The molecule has 0 saturated heterocycles. The maximum atomic E-state index is 4.50. The van der Waals surface area contributed by atoms with Gasteiger partial charge in [0.25, 0.3) is 0 Å². The Hall–Kier alpha value is -1.01. The fourth-order valence-corrected chi connectivity index (χ4v) is 2.74. The molecule has 0 fully saturated rings. The summed E-state index contributed by atoms with van der Waals surface area (Å²) in [7, 11) is 1.84. The van der Waals surface area contributed by atoms with Crippen LogP contribution in [0, 0.1) is 6.92 Å². The third-order valence-corrected chi connectivity index (χ3v) is 4.61. The molecule has 0 spiro atoms. The molecule has 2 aromatic heterocycles. The van der Waals surface area contributed by atoms with E-state index < -0.39 is 0 Å². The highest BCUT2D eigenvalue weighted by atomic mass is 32.2. The van der Waals surface area contributed by atoms with Crippen LogP contribution in [0.5, 0.6) is 0 Å². The molecule has 0 bridgehead atoms. The standard InChI is InChI=1S/C12H18N4S2/c1-7-5-9-10(14-6-8(2)17-4)15-12(13-3)16-11(9)18-7/h5,8H,6H2,1-4H3,(H2,13,14,15,16). The average molecular weight is 282 g/mol. The van der Waals surface area contributed by atoms with Gasteiger partial charge in [-0.05, 0) is 19.2 Å². The number of anilines is 2. The SMILES string of the molecule is CNc1nc(NCC(C)SC)c2cc(C)sc2n1. The zero-order valence-electron chi connectivity index (χ0n) is 11.1. The van der Waals surface area contributed by atoms with Crippen LogP contribution < -0.4 is 10.6 Å². The number of rotatable bonds is 5. The van der Waals surface area contributed by atoms with Gasteiger partial charge < -0.3 is 10.6 Å². The van der Waals surface area contributed by atoms with Gasteiger partial charge in [-0.2, -0.15) is 16.7 Å². The molecular weight excluding hydrogens is 264 g/mol. The number of thioether (sulfide) groups is 1. The van der Waals surface area contributed by atoms with Crippen LogP contribution in [0.15, 0.2) is 6.07 Å². The van der Waals surface area contributed by atoms with E-state index in [1.807, 2.05) is 18.8 Å². The molecule has 0 radical (unpaired) electrons. The zero-order chi connectivity index (χ0) is 13.1. The zero-order valence-corrected chi connectivity index (χ0v) is 12.7. The molecule has 0 amide bonds. The summed E-state index contributed by atoms with van der Waals surface area (Å²) in [5.41, 5.74) is 0. The van der Waals surface area contributed by atoms with Crippen molar-refractivity contribution in [1.82, 2.24) is 9.97 Å². The van der Waals surface area contributed by atoms with Crippen LogP contribution in [0.25, 0.3) is 10.2 Å². The molecule has 1 atom stereocenters. The van der Waals surface area contributed by atoms with E-state index in [0.29, 0.717) is 11.2 Å². The summed E-state index contributed by atoms with van der Waals surface area (Å²) in [6.45, 7) is 5.21. The van der Waals surface area contributed by atoms with Gasteiger partial charge in [-0.3, -0.25) is 0 Å². The topological polar surface area (TPSA) is 49.8 Å². The van der Waals surface area contributed by atoms with Crippen LogP contribution in [0.2, 0.25) is 0 Å². The molecule has 2 N–H and O–H groups in total.